The third-order valence-electron chi connectivity index (χ3n) is 2.16. The first-order valence-corrected chi connectivity index (χ1v) is 5.53. The molecule has 0 aliphatic heterocycles. The van der Waals surface area contributed by atoms with Crippen molar-refractivity contribution in [1.29, 1.82) is 0 Å². The van der Waals surface area contributed by atoms with E-state index in [0.29, 0.717) is 12.1 Å². The van der Waals surface area contributed by atoms with E-state index in [-0.39, 0.29) is 5.69 Å². The summed E-state index contributed by atoms with van der Waals surface area (Å²) >= 11 is 0. The number of amides is 1. The van der Waals surface area contributed by atoms with Crippen molar-refractivity contribution in [2.24, 2.45) is 0 Å². The van der Waals surface area contributed by atoms with Gasteiger partial charge in [-0.3, -0.25) is 5.32 Å². The molecular weight excluding hydrogens is 279 g/mol. The zero-order chi connectivity index (χ0) is 15.5. The van der Waals surface area contributed by atoms with E-state index >= 15 is 0 Å². The molecule has 0 aliphatic rings. The van der Waals surface area contributed by atoms with E-state index in [1.807, 2.05) is 0 Å². The Morgan fingerprint density at radius 2 is 1.90 bits per heavy atom. The van der Waals surface area contributed by atoms with Gasteiger partial charge in [-0.25, -0.2) is 9.59 Å². The Labute approximate surface area is 112 Å². The van der Waals surface area contributed by atoms with Gasteiger partial charge in [0.25, 0.3) is 0 Å². The van der Waals surface area contributed by atoms with Crippen LogP contribution in [-0.4, -0.2) is 23.3 Å². The summed E-state index contributed by atoms with van der Waals surface area (Å²) in [5.74, 6) is -1.59. The standard InChI is InChI=1S/C12H12F3NO4/c1-6(2)20-11(19)16-9-4-3-7(12(13,14)15)5-8(9)10(17)18/h3-6H,1-2H3,(H,16,19)(H,17,18). The first-order chi connectivity index (χ1) is 9.11. The Bertz CT molecular complexity index is 526. The average Bonchev–Trinajstić information content (AvgIpc) is 2.26. The van der Waals surface area contributed by atoms with E-state index in [2.05, 4.69) is 5.32 Å². The third-order valence-corrected chi connectivity index (χ3v) is 2.16. The summed E-state index contributed by atoms with van der Waals surface area (Å²) in [5, 5.41) is 11.0. The van der Waals surface area contributed by atoms with Gasteiger partial charge in [0.15, 0.2) is 0 Å². The molecule has 0 unspecified atom stereocenters. The first-order valence-electron chi connectivity index (χ1n) is 5.53. The molecular formula is C12H12F3NO4. The Morgan fingerprint density at radius 3 is 2.35 bits per heavy atom. The van der Waals surface area contributed by atoms with Crippen LogP contribution in [0.5, 0.6) is 0 Å². The number of carboxylic acids is 1. The van der Waals surface area contributed by atoms with Gasteiger partial charge in [0, 0.05) is 0 Å². The molecule has 0 aromatic heterocycles. The molecule has 1 aromatic rings. The zero-order valence-electron chi connectivity index (χ0n) is 10.6. The van der Waals surface area contributed by atoms with Gasteiger partial charge in [0.2, 0.25) is 0 Å². The van der Waals surface area contributed by atoms with Crippen LogP contribution in [0.1, 0.15) is 29.8 Å². The van der Waals surface area contributed by atoms with E-state index < -0.39 is 35.5 Å². The molecule has 1 aromatic carbocycles. The maximum atomic E-state index is 12.5. The van der Waals surface area contributed by atoms with E-state index in [0.717, 1.165) is 6.07 Å². The number of hydrogen-bond acceptors (Lipinski definition) is 3. The number of benzene rings is 1. The SMILES string of the molecule is CC(C)OC(=O)Nc1ccc(C(F)(F)F)cc1C(=O)O. The number of nitrogens with one attached hydrogen (secondary N) is 1. The number of hydrogen-bond donors (Lipinski definition) is 2. The number of carbonyl (C=O) groups is 2. The lowest BCUT2D eigenvalue weighted by Crippen LogP contribution is -2.20. The minimum atomic E-state index is -4.67. The number of carboxylic acid groups (broad SMARTS) is 1. The Hall–Kier alpha value is -2.25. The lowest BCUT2D eigenvalue weighted by atomic mass is 10.1. The van der Waals surface area contributed by atoms with Crippen LogP contribution >= 0.6 is 0 Å². The van der Waals surface area contributed by atoms with Crippen LogP contribution in [0.4, 0.5) is 23.7 Å². The number of alkyl halides is 3. The van der Waals surface area contributed by atoms with E-state index in [4.69, 9.17) is 9.84 Å². The fraction of sp³-hybridized carbons (Fsp3) is 0.333. The quantitative estimate of drug-likeness (QED) is 0.895. The topological polar surface area (TPSA) is 75.6 Å². The minimum Gasteiger partial charge on any atom is -0.478 e. The lowest BCUT2D eigenvalue weighted by Gasteiger charge is -2.13. The summed E-state index contributed by atoms with van der Waals surface area (Å²) in [4.78, 5) is 22.3. The second-order valence-corrected chi connectivity index (χ2v) is 4.14. The van der Waals surface area contributed by atoms with E-state index in [1.165, 1.54) is 0 Å². The van der Waals surface area contributed by atoms with Crippen molar-refractivity contribution in [2.45, 2.75) is 26.1 Å². The molecule has 20 heavy (non-hydrogen) atoms. The second kappa shape index (κ2) is 5.81. The van der Waals surface area contributed by atoms with Gasteiger partial charge in [-0.05, 0) is 32.0 Å². The van der Waals surface area contributed by atoms with Gasteiger partial charge in [0.05, 0.1) is 22.9 Å². The Morgan fingerprint density at radius 1 is 1.30 bits per heavy atom. The van der Waals surface area contributed by atoms with Gasteiger partial charge in [0.1, 0.15) is 0 Å². The first kappa shape index (κ1) is 15.8. The van der Waals surface area contributed by atoms with Gasteiger partial charge in [-0.1, -0.05) is 0 Å². The van der Waals surface area contributed by atoms with Crippen LogP contribution in [0.2, 0.25) is 0 Å². The molecule has 1 rings (SSSR count). The van der Waals surface area contributed by atoms with Crippen LogP contribution in [0.3, 0.4) is 0 Å². The maximum absolute atomic E-state index is 12.5. The summed E-state index contributed by atoms with van der Waals surface area (Å²) in [5.41, 5.74) is -2.05. The highest BCUT2D eigenvalue weighted by atomic mass is 19.4. The third kappa shape index (κ3) is 4.15. The summed E-state index contributed by atoms with van der Waals surface area (Å²) in [7, 11) is 0. The van der Waals surface area contributed by atoms with Crippen molar-refractivity contribution in [3.63, 3.8) is 0 Å². The molecule has 0 heterocycles. The van der Waals surface area contributed by atoms with Crippen LogP contribution in [-0.2, 0) is 10.9 Å². The maximum Gasteiger partial charge on any atom is 0.416 e. The van der Waals surface area contributed by atoms with Gasteiger partial charge >= 0.3 is 18.2 Å². The number of rotatable bonds is 3. The summed E-state index contributed by atoms with van der Waals surface area (Å²) in [6.45, 7) is 3.15. The molecule has 0 saturated carbocycles. The smallest absolute Gasteiger partial charge is 0.416 e. The number of anilines is 1. The van der Waals surface area contributed by atoms with Gasteiger partial charge in [-0.2, -0.15) is 13.2 Å². The van der Waals surface area contributed by atoms with Crippen molar-refractivity contribution in [1.82, 2.24) is 0 Å². The van der Waals surface area contributed by atoms with Gasteiger partial charge in [-0.15, -0.1) is 0 Å². The fourth-order valence-electron chi connectivity index (χ4n) is 1.36. The number of carbonyl (C=O) groups excluding carboxylic acids is 1. The molecule has 0 spiro atoms. The summed E-state index contributed by atoms with van der Waals surface area (Å²) < 4.78 is 42.2. The van der Waals surface area contributed by atoms with Crippen LogP contribution in [0.15, 0.2) is 18.2 Å². The molecule has 0 radical (unpaired) electrons. The predicted molar refractivity (Wildman–Crippen MR) is 63.6 cm³/mol. The average molecular weight is 291 g/mol. The fourth-order valence-corrected chi connectivity index (χ4v) is 1.36. The molecule has 0 saturated heterocycles. The lowest BCUT2D eigenvalue weighted by molar-refractivity contribution is -0.137. The van der Waals surface area contributed by atoms with E-state index in [1.54, 1.807) is 13.8 Å². The number of halogens is 3. The van der Waals surface area contributed by atoms with Crippen molar-refractivity contribution >= 4 is 17.7 Å². The molecule has 8 heteroatoms. The normalized spacial score (nSPS) is 11.3. The van der Waals surface area contributed by atoms with Crippen LogP contribution in [0.25, 0.3) is 0 Å². The highest BCUT2D eigenvalue weighted by Gasteiger charge is 2.32. The van der Waals surface area contributed by atoms with Crippen molar-refractivity contribution < 1.29 is 32.6 Å². The Balaban J connectivity index is 3.08. The van der Waals surface area contributed by atoms with E-state index in [9.17, 15) is 22.8 Å². The molecule has 0 fully saturated rings. The summed E-state index contributed by atoms with van der Waals surface area (Å²) in [6.07, 6.45) is -6.05. The highest BCUT2D eigenvalue weighted by molar-refractivity contribution is 5.99. The second-order valence-electron chi connectivity index (χ2n) is 4.14. The largest absolute Gasteiger partial charge is 0.478 e. The molecule has 2 N–H and O–H groups in total. The van der Waals surface area contributed by atoms with Crippen LogP contribution in [0, 0.1) is 0 Å². The highest BCUT2D eigenvalue weighted by Crippen LogP contribution is 2.31. The van der Waals surface area contributed by atoms with Crippen molar-refractivity contribution in [3.8, 4) is 0 Å². The monoisotopic (exact) mass is 291 g/mol. The summed E-state index contributed by atoms with van der Waals surface area (Å²) in [6, 6.07) is 2.00. The molecule has 0 bridgehead atoms. The predicted octanol–water partition coefficient (Wildman–Crippen LogP) is 3.36. The van der Waals surface area contributed by atoms with Gasteiger partial charge < -0.3 is 9.84 Å². The number of ether oxygens (including phenoxy) is 1. The van der Waals surface area contributed by atoms with Crippen molar-refractivity contribution in [2.75, 3.05) is 5.32 Å². The zero-order valence-corrected chi connectivity index (χ0v) is 10.6. The number of aromatic carboxylic acids is 1. The minimum absolute atomic E-state index is 0.267. The Kier molecular flexibility index (Phi) is 4.59. The molecule has 110 valence electrons. The van der Waals surface area contributed by atoms with Crippen molar-refractivity contribution in [3.05, 3.63) is 29.3 Å². The molecule has 0 aliphatic carbocycles. The molecule has 0 atom stereocenters. The molecule has 1 amide bonds. The van der Waals surface area contributed by atoms with Crippen LogP contribution < -0.4 is 5.32 Å². The molecule has 5 nitrogen and oxygen atoms in total.